The zero-order chi connectivity index (χ0) is 23.5. The lowest BCUT2D eigenvalue weighted by Crippen LogP contribution is -2.40. The Hall–Kier alpha value is -1.64. The molecule has 2 aliphatic heterocycles. The van der Waals surface area contributed by atoms with Crippen LogP contribution in [0.3, 0.4) is 0 Å². The fourth-order valence-corrected chi connectivity index (χ4v) is 4.69. The van der Waals surface area contributed by atoms with Gasteiger partial charge < -0.3 is 23.7 Å². The van der Waals surface area contributed by atoms with Gasteiger partial charge in [0.05, 0.1) is 12.1 Å². The molecular weight excluding hydrogens is 426 g/mol. The molecule has 9 nitrogen and oxygen atoms in total. The number of nitrogens with zero attached hydrogens (tertiary/aromatic N) is 3. The van der Waals surface area contributed by atoms with E-state index >= 15 is 0 Å². The van der Waals surface area contributed by atoms with Crippen molar-refractivity contribution in [2.24, 2.45) is 5.11 Å². The molecule has 0 radical (unpaired) electrons. The number of carbonyl (C=O) groups excluding carboxylic acids is 1. The normalized spacial score (nSPS) is 32.8. The summed E-state index contributed by atoms with van der Waals surface area (Å²) >= 11 is 0. The van der Waals surface area contributed by atoms with Crippen molar-refractivity contribution in [1.29, 1.82) is 0 Å². The van der Waals surface area contributed by atoms with Crippen LogP contribution in [0.25, 0.3) is 10.4 Å². The zero-order valence-corrected chi connectivity index (χ0v) is 20.1. The first-order valence-corrected chi connectivity index (χ1v) is 12.5. The maximum Gasteiger partial charge on any atom is 0.333 e. The number of rotatable bonds is 11. The minimum absolute atomic E-state index is 0.133. The summed E-state index contributed by atoms with van der Waals surface area (Å²) < 4.78 is 30.2. The van der Waals surface area contributed by atoms with E-state index in [0.717, 1.165) is 57.8 Å². The largest absolute Gasteiger partial charge is 0.456 e. The highest BCUT2D eigenvalue weighted by atomic mass is 16.7. The highest BCUT2D eigenvalue weighted by Crippen LogP contribution is 2.41. The first kappa shape index (κ1) is 26.0. The third-order valence-corrected chi connectivity index (χ3v) is 6.56. The molecule has 5 atom stereocenters. The van der Waals surface area contributed by atoms with Crippen LogP contribution in [-0.2, 0) is 28.5 Å². The van der Waals surface area contributed by atoms with Crippen molar-refractivity contribution >= 4 is 5.97 Å². The van der Waals surface area contributed by atoms with Crippen LogP contribution >= 0.6 is 0 Å². The highest BCUT2D eigenvalue weighted by Gasteiger charge is 2.50. The summed E-state index contributed by atoms with van der Waals surface area (Å²) in [6, 6.07) is 0. The van der Waals surface area contributed by atoms with Gasteiger partial charge in [0.2, 0.25) is 0 Å². The molecule has 0 bridgehead atoms. The van der Waals surface area contributed by atoms with E-state index in [0.29, 0.717) is 31.6 Å². The second kappa shape index (κ2) is 13.3. The standard InChI is InChI=1S/C24H39N3O6/c1-3-4-5-10-18(2)23(28)32-20-16-24(17-26-27-25,33-22-12-7-9-14-30-22)15-19(20)31-21-11-6-8-13-29-21/h10,19-22H,3-9,11-17H2,1-2H3/b18-10+. The fraction of sp³-hybridized carbons (Fsp3) is 0.875. The lowest BCUT2D eigenvalue weighted by atomic mass is 10.0. The lowest BCUT2D eigenvalue weighted by molar-refractivity contribution is -0.228. The second-order valence-corrected chi connectivity index (χ2v) is 9.34. The van der Waals surface area contributed by atoms with Crippen molar-refractivity contribution in [2.45, 2.75) is 115 Å². The zero-order valence-electron chi connectivity index (χ0n) is 20.1. The van der Waals surface area contributed by atoms with Crippen LogP contribution in [0.1, 0.15) is 84.5 Å². The Bertz CT molecular complexity index is 698. The van der Waals surface area contributed by atoms with Gasteiger partial charge in [-0.05, 0) is 57.4 Å². The van der Waals surface area contributed by atoms with Crippen LogP contribution in [0.2, 0.25) is 0 Å². The molecule has 186 valence electrons. The molecule has 1 saturated carbocycles. The predicted octanol–water partition coefficient (Wildman–Crippen LogP) is 5.33. The summed E-state index contributed by atoms with van der Waals surface area (Å²) in [5.41, 5.74) is 8.78. The number of allylic oxidation sites excluding steroid dienone is 1. The molecule has 0 aromatic carbocycles. The number of unbranched alkanes of at least 4 members (excludes halogenated alkanes) is 2. The van der Waals surface area contributed by atoms with Crippen LogP contribution in [-0.4, -0.2) is 56.1 Å². The van der Waals surface area contributed by atoms with Gasteiger partial charge in [-0.25, -0.2) is 4.79 Å². The Morgan fingerprint density at radius 1 is 1.12 bits per heavy atom. The summed E-state index contributed by atoms with van der Waals surface area (Å²) in [6.45, 7) is 5.35. The second-order valence-electron chi connectivity index (χ2n) is 9.34. The van der Waals surface area contributed by atoms with Crippen LogP contribution in [0.4, 0.5) is 0 Å². The van der Waals surface area contributed by atoms with E-state index in [1.54, 1.807) is 6.92 Å². The van der Waals surface area contributed by atoms with Crippen molar-refractivity contribution in [3.05, 3.63) is 22.1 Å². The number of hydrogen-bond donors (Lipinski definition) is 0. The van der Waals surface area contributed by atoms with Gasteiger partial charge in [0.15, 0.2) is 12.6 Å². The topological polar surface area (TPSA) is 112 Å². The third-order valence-electron chi connectivity index (χ3n) is 6.56. The van der Waals surface area contributed by atoms with Crippen molar-refractivity contribution in [3.63, 3.8) is 0 Å². The minimum Gasteiger partial charge on any atom is -0.456 e. The van der Waals surface area contributed by atoms with Gasteiger partial charge >= 0.3 is 5.97 Å². The van der Waals surface area contributed by atoms with Gasteiger partial charge in [0.25, 0.3) is 0 Å². The van der Waals surface area contributed by atoms with Gasteiger partial charge in [0.1, 0.15) is 12.2 Å². The number of azide groups is 1. The molecule has 33 heavy (non-hydrogen) atoms. The number of esters is 1. The molecule has 9 heteroatoms. The summed E-state index contributed by atoms with van der Waals surface area (Å²) in [5.74, 6) is -0.345. The molecule has 0 N–H and O–H groups in total. The maximum atomic E-state index is 12.8. The maximum absolute atomic E-state index is 12.8. The minimum atomic E-state index is -0.807. The first-order chi connectivity index (χ1) is 16.0. The monoisotopic (exact) mass is 465 g/mol. The van der Waals surface area contributed by atoms with E-state index in [2.05, 4.69) is 16.9 Å². The average molecular weight is 466 g/mol. The van der Waals surface area contributed by atoms with Crippen LogP contribution in [0, 0.1) is 0 Å². The van der Waals surface area contributed by atoms with E-state index < -0.39 is 17.8 Å². The van der Waals surface area contributed by atoms with Gasteiger partial charge in [-0.3, -0.25) is 0 Å². The smallest absolute Gasteiger partial charge is 0.333 e. The molecule has 5 unspecified atom stereocenters. The SMILES string of the molecule is CCCC/C=C(\C)C(=O)OC1CC(CN=[N+]=[N-])(OC2CCCCO2)CC1OC1CCCCO1. The molecule has 0 amide bonds. The van der Waals surface area contributed by atoms with E-state index in [9.17, 15) is 4.79 Å². The predicted molar refractivity (Wildman–Crippen MR) is 122 cm³/mol. The van der Waals surface area contributed by atoms with Crippen molar-refractivity contribution in [3.8, 4) is 0 Å². The van der Waals surface area contributed by atoms with Gasteiger partial charge in [-0.1, -0.05) is 31.0 Å². The van der Waals surface area contributed by atoms with Gasteiger partial charge in [-0.2, -0.15) is 0 Å². The Morgan fingerprint density at radius 3 is 2.45 bits per heavy atom. The van der Waals surface area contributed by atoms with E-state index in [1.807, 2.05) is 6.08 Å². The third kappa shape index (κ3) is 7.97. The molecule has 0 aromatic rings. The summed E-state index contributed by atoms with van der Waals surface area (Å²) in [4.78, 5) is 15.8. The van der Waals surface area contributed by atoms with Crippen LogP contribution in [0.5, 0.6) is 0 Å². The summed E-state index contributed by atoms with van der Waals surface area (Å²) in [5, 5.41) is 3.83. The Kier molecular flexibility index (Phi) is 10.5. The van der Waals surface area contributed by atoms with E-state index in [-0.39, 0.29) is 25.1 Å². The molecule has 2 heterocycles. The summed E-state index contributed by atoms with van der Waals surface area (Å²) in [7, 11) is 0. The number of ether oxygens (including phenoxy) is 5. The molecule has 0 spiro atoms. The van der Waals surface area contributed by atoms with Crippen molar-refractivity contribution < 1.29 is 28.5 Å². The van der Waals surface area contributed by atoms with E-state index in [4.69, 9.17) is 29.2 Å². The molecule has 3 fully saturated rings. The van der Waals surface area contributed by atoms with Crippen molar-refractivity contribution in [2.75, 3.05) is 19.8 Å². The lowest BCUT2D eigenvalue weighted by Gasteiger charge is -2.34. The fourth-order valence-electron chi connectivity index (χ4n) is 4.69. The summed E-state index contributed by atoms with van der Waals surface area (Å²) in [6.07, 6.45) is 9.80. The van der Waals surface area contributed by atoms with Crippen molar-refractivity contribution in [1.82, 2.24) is 0 Å². The molecule has 0 aromatic heterocycles. The Labute approximate surface area is 196 Å². The average Bonchev–Trinajstić information content (AvgIpc) is 3.15. The van der Waals surface area contributed by atoms with Crippen LogP contribution in [0.15, 0.2) is 16.8 Å². The Morgan fingerprint density at radius 2 is 1.82 bits per heavy atom. The van der Waals surface area contributed by atoms with E-state index in [1.165, 1.54) is 0 Å². The Balaban J connectivity index is 1.74. The number of carbonyl (C=O) groups is 1. The molecule has 1 aliphatic carbocycles. The highest BCUT2D eigenvalue weighted by molar-refractivity contribution is 5.87. The molecule has 2 saturated heterocycles. The molecular formula is C24H39N3O6. The van der Waals surface area contributed by atoms with Gasteiger partial charge in [0, 0.05) is 36.5 Å². The van der Waals surface area contributed by atoms with Gasteiger partial charge in [-0.15, -0.1) is 0 Å². The molecule has 3 rings (SSSR count). The van der Waals surface area contributed by atoms with Crippen LogP contribution < -0.4 is 0 Å². The first-order valence-electron chi connectivity index (χ1n) is 12.5. The number of hydrogen-bond acceptors (Lipinski definition) is 7. The quantitative estimate of drug-likeness (QED) is 0.102. The molecule has 3 aliphatic rings.